The Bertz CT molecular complexity index is 546. The molecular weight excluding hydrogens is 272 g/mol. The van der Waals surface area contributed by atoms with Crippen LogP contribution in [0.5, 0.6) is 0 Å². The number of sulfonamides is 1. The Kier molecular flexibility index (Phi) is 3.74. The molecule has 2 rings (SSSR count). The van der Waals surface area contributed by atoms with Crippen LogP contribution >= 0.6 is 11.3 Å². The van der Waals surface area contributed by atoms with Crippen LogP contribution in [0.2, 0.25) is 0 Å². The summed E-state index contributed by atoms with van der Waals surface area (Å²) in [7, 11) is -3.72. The Morgan fingerprint density at radius 2 is 2.22 bits per heavy atom. The fourth-order valence-corrected chi connectivity index (χ4v) is 3.52. The Hall–Kier alpha value is -0.920. The minimum atomic E-state index is -3.72. The molecule has 1 aromatic heterocycles. The lowest BCUT2D eigenvalue weighted by Gasteiger charge is -2.31. The molecule has 1 amide bonds. The number of hydrogen-bond acceptors (Lipinski definition) is 4. The lowest BCUT2D eigenvalue weighted by Crippen LogP contribution is -2.40. The van der Waals surface area contributed by atoms with Crippen LogP contribution in [0.15, 0.2) is 15.7 Å². The molecular formula is C11H16N2O3S2. The van der Waals surface area contributed by atoms with Gasteiger partial charge in [-0.1, -0.05) is 6.42 Å². The van der Waals surface area contributed by atoms with Crippen molar-refractivity contribution in [3.63, 3.8) is 0 Å². The van der Waals surface area contributed by atoms with Gasteiger partial charge in [0.15, 0.2) is 0 Å². The van der Waals surface area contributed by atoms with E-state index in [4.69, 9.17) is 5.14 Å². The predicted molar refractivity (Wildman–Crippen MR) is 70.0 cm³/mol. The van der Waals surface area contributed by atoms with Crippen molar-refractivity contribution >= 4 is 27.3 Å². The van der Waals surface area contributed by atoms with E-state index in [1.54, 1.807) is 0 Å². The molecule has 18 heavy (non-hydrogen) atoms. The molecule has 5 nitrogen and oxygen atoms in total. The van der Waals surface area contributed by atoms with E-state index in [1.165, 1.54) is 17.9 Å². The molecule has 0 bridgehead atoms. The zero-order valence-corrected chi connectivity index (χ0v) is 11.7. The summed E-state index contributed by atoms with van der Waals surface area (Å²) in [6.45, 7) is 1.98. The van der Waals surface area contributed by atoms with Gasteiger partial charge in [0.2, 0.25) is 10.0 Å². The summed E-state index contributed by atoms with van der Waals surface area (Å²) >= 11 is 0.966. The highest BCUT2D eigenvalue weighted by molar-refractivity contribution is 7.91. The molecule has 3 N–H and O–H groups in total. The molecule has 1 aliphatic carbocycles. The average molecular weight is 288 g/mol. The molecule has 0 aliphatic heterocycles. The molecule has 0 radical (unpaired) electrons. The number of nitrogens with one attached hydrogen (secondary N) is 1. The summed E-state index contributed by atoms with van der Waals surface area (Å²) in [5.74, 6) is 0.311. The Labute approximate surface area is 110 Å². The van der Waals surface area contributed by atoms with Crippen LogP contribution in [0.25, 0.3) is 0 Å². The molecule has 0 spiro atoms. The van der Waals surface area contributed by atoms with Crippen molar-refractivity contribution in [1.29, 1.82) is 0 Å². The van der Waals surface area contributed by atoms with Crippen LogP contribution in [0.4, 0.5) is 0 Å². The summed E-state index contributed by atoms with van der Waals surface area (Å²) in [4.78, 5) is 11.9. The van der Waals surface area contributed by atoms with E-state index < -0.39 is 10.0 Å². The lowest BCUT2D eigenvalue weighted by atomic mass is 9.80. The van der Waals surface area contributed by atoms with Crippen molar-refractivity contribution in [2.45, 2.75) is 36.4 Å². The predicted octanol–water partition coefficient (Wildman–Crippen LogP) is 1.31. The minimum Gasteiger partial charge on any atom is -0.349 e. The van der Waals surface area contributed by atoms with Gasteiger partial charge in [-0.2, -0.15) is 0 Å². The fourth-order valence-electron chi connectivity index (χ4n) is 1.93. The van der Waals surface area contributed by atoms with Gasteiger partial charge in [-0.15, -0.1) is 11.3 Å². The number of amides is 1. The van der Waals surface area contributed by atoms with E-state index in [0.29, 0.717) is 11.5 Å². The largest absolute Gasteiger partial charge is 0.349 e. The molecule has 0 saturated heterocycles. The van der Waals surface area contributed by atoms with Gasteiger partial charge in [-0.3, -0.25) is 4.79 Å². The van der Waals surface area contributed by atoms with E-state index in [2.05, 4.69) is 5.32 Å². The van der Waals surface area contributed by atoms with E-state index in [9.17, 15) is 13.2 Å². The smallest absolute Gasteiger partial charge is 0.252 e. The van der Waals surface area contributed by atoms with Crippen molar-refractivity contribution in [3.05, 3.63) is 17.0 Å². The van der Waals surface area contributed by atoms with Gasteiger partial charge in [0.05, 0.1) is 5.56 Å². The molecule has 1 saturated carbocycles. The van der Waals surface area contributed by atoms with Gasteiger partial charge in [-0.25, -0.2) is 13.6 Å². The average Bonchev–Trinajstić information content (AvgIpc) is 2.61. The molecule has 1 fully saturated rings. The Balaban J connectivity index is 2.02. The maximum atomic E-state index is 11.9. The number of carbonyl (C=O) groups excluding carboxylic acids is 1. The normalized spacial score (nSPS) is 18.1. The van der Waals surface area contributed by atoms with Gasteiger partial charge in [-0.05, 0) is 31.7 Å². The fraction of sp³-hybridized carbons (Fsp3) is 0.545. The molecule has 7 heteroatoms. The number of thiophene rings is 1. The summed E-state index contributed by atoms with van der Waals surface area (Å²) < 4.78 is 22.2. The highest BCUT2D eigenvalue weighted by Gasteiger charge is 2.25. The second-order valence-corrected chi connectivity index (χ2v) is 7.35. The quantitative estimate of drug-likeness (QED) is 0.875. The first-order valence-corrected chi connectivity index (χ1v) is 8.22. The third-order valence-electron chi connectivity index (χ3n) is 3.33. The highest BCUT2D eigenvalue weighted by atomic mass is 32.2. The number of rotatable bonds is 4. The number of carbonyl (C=O) groups is 1. The first kappa shape index (κ1) is 13.5. The minimum absolute atomic E-state index is 0.0175. The van der Waals surface area contributed by atoms with E-state index in [-0.39, 0.29) is 16.2 Å². The molecule has 100 valence electrons. The van der Waals surface area contributed by atoms with E-state index >= 15 is 0 Å². The maximum absolute atomic E-state index is 11.9. The first-order valence-electron chi connectivity index (χ1n) is 5.80. The van der Waals surface area contributed by atoms with Gasteiger partial charge < -0.3 is 5.32 Å². The summed E-state index contributed by atoms with van der Waals surface area (Å²) in [5.41, 5.74) is 0.357. The summed E-state index contributed by atoms with van der Waals surface area (Å²) in [5, 5.41) is 9.41. The van der Waals surface area contributed by atoms with Crippen LogP contribution in [0.1, 0.15) is 36.5 Å². The highest BCUT2D eigenvalue weighted by Crippen LogP contribution is 2.29. The van der Waals surface area contributed by atoms with Crippen molar-refractivity contribution in [2.24, 2.45) is 11.1 Å². The van der Waals surface area contributed by atoms with Crippen molar-refractivity contribution in [1.82, 2.24) is 5.32 Å². The SMILES string of the molecule is CC(NC(=O)c1csc(S(N)(=O)=O)c1)C1CCC1. The topological polar surface area (TPSA) is 89.3 Å². The number of hydrogen-bond donors (Lipinski definition) is 2. The Morgan fingerprint density at radius 3 is 2.67 bits per heavy atom. The maximum Gasteiger partial charge on any atom is 0.252 e. The molecule has 1 unspecified atom stereocenters. The zero-order valence-electron chi connectivity index (χ0n) is 10.0. The van der Waals surface area contributed by atoms with Crippen LogP contribution in [-0.4, -0.2) is 20.4 Å². The molecule has 1 atom stereocenters. The van der Waals surface area contributed by atoms with Crippen LogP contribution < -0.4 is 10.5 Å². The van der Waals surface area contributed by atoms with E-state index in [1.807, 2.05) is 6.92 Å². The van der Waals surface area contributed by atoms with Crippen molar-refractivity contribution in [2.75, 3.05) is 0 Å². The van der Waals surface area contributed by atoms with Crippen molar-refractivity contribution < 1.29 is 13.2 Å². The molecule has 1 aliphatic rings. The van der Waals surface area contributed by atoms with Gasteiger partial charge >= 0.3 is 0 Å². The summed E-state index contributed by atoms with van der Waals surface area (Å²) in [6.07, 6.45) is 3.51. The van der Waals surface area contributed by atoms with Gasteiger partial charge in [0.1, 0.15) is 4.21 Å². The molecule has 0 aromatic carbocycles. The second-order valence-electron chi connectivity index (χ2n) is 4.65. The van der Waals surface area contributed by atoms with Crippen LogP contribution in [-0.2, 0) is 10.0 Å². The Morgan fingerprint density at radius 1 is 1.56 bits per heavy atom. The zero-order chi connectivity index (χ0) is 13.3. The van der Waals surface area contributed by atoms with Crippen LogP contribution in [0.3, 0.4) is 0 Å². The molecule has 1 aromatic rings. The standard InChI is InChI=1S/C11H16N2O3S2/c1-7(8-3-2-4-8)13-11(14)9-5-10(17-6-9)18(12,15)16/h5-8H,2-4H2,1H3,(H,13,14)(H2,12,15,16). The first-order chi connectivity index (χ1) is 8.38. The third-order valence-corrected chi connectivity index (χ3v) is 5.72. The number of primary sulfonamides is 1. The second kappa shape index (κ2) is 4.99. The van der Waals surface area contributed by atoms with Crippen LogP contribution in [0, 0.1) is 5.92 Å². The summed E-state index contributed by atoms with van der Waals surface area (Å²) in [6, 6.07) is 1.45. The van der Waals surface area contributed by atoms with Gasteiger partial charge in [0, 0.05) is 11.4 Å². The van der Waals surface area contributed by atoms with E-state index in [0.717, 1.165) is 24.2 Å². The monoisotopic (exact) mass is 288 g/mol. The van der Waals surface area contributed by atoms with Crippen molar-refractivity contribution in [3.8, 4) is 0 Å². The third kappa shape index (κ3) is 2.90. The molecule has 1 heterocycles. The lowest BCUT2D eigenvalue weighted by molar-refractivity contribution is 0.0909. The number of nitrogens with two attached hydrogens (primary N) is 1. The van der Waals surface area contributed by atoms with Gasteiger partial charge in [0.25, 0.3) is 5.91 Å².